The largest absolute Gasteiger partial charge is 0.482 e. The van der Waals surface area contributed by atoms with E-state index in [2.05, 4.69) is 0 Å². The van der Waals surface area contributed by atoms with Gasteiger partial charge in [-0.1, -0.05) is 30.3 Å². The fraction of sp³-hybridized carbons (Fsp3) is 0.320. The average Bonchev–Trinajstić information content (AvgIpc) is 3.36. The molecule has 0 unspecified atom stereocenters. The molecule has 8 nitrogen and oxygen atoms in total. The van der Waals surface area contributed by atoms with Crippen molar-refractivity contribution in [2.24, 2.45) is 0 Å². The number of anilines is 1. The summed E-state index contributed by atoms with van der Waals surface area (Å²) in [4.78, 5) is 31.1. The summed E-state index contributed by atoms with van der Waals surface area (Å²) in [5.74, 6) is -0.285. The second kappa shape index (κ2) is 11.7. The van der Waals surface area contributed by atoms with Crippen LogP contribution in [-0.4, -0.2) is 63.0 Å². The third-order valence-electron chi connectivity index (χ3n) is 5.08. The van der Waals surface area contributed by atoms with Gasteiger partial charge in [-0.2, -0.15) is 0 Å². The first-order valence-corrected chi connectivity index (χ1v) is 11.9. The molecule has 1 amide bonds. The molecule has 34 heavy (non-hydrogen) atoms. The zero-order valence-corrected chi connectivity index (χ0v) is 19.7. The topological polar surface area (TPSA) is 87.2 Å². The Bertz CT molecular complexity index is 1120. The number of carbonyl (C=O) groups excluding carboxylic acids is 2. The Hall–Kier alpha value is -3.27. The molecule has 0 bridgehead atoms. The molecule has 3 aromatic rings. The maximum absolute atomic E-state index is 12.5. The van der Waals surface area contributed by atoms with Gasteiger partial charge in [0, 0.05) is 23.1 Å². The number of hydrogen-bond donors (Lipinski definition) is 0. The first kappa shape index (κ1) is 23.9. The molecule has 2 aromatic carbocycles. The lowest BCUT2D eigenvalue weighted by Gasteiger charge is -2.29. The molecule has 0 fully saturated rings. The number of hydrogen-bond acceptors (Lipinski definition) is 8. The van der Waals surface area contributed by atoms with Gasteiger partial charge < -0.3 is 18.9 Å². The number of fused-ring (bicyclic) bond motifs is 1. The number of rotatable bonds is 11. The summed E-state index contributed by atoms with van der Waals surface area (Å²) in [5.41, 5.74) is 3.18. The highest BCUT2D eigenvalue weighted by Gasteiger charge is 2.28. The minimum atomic E-state index is -0.514. The second-order valence-corrected chi connectivity index (χ2v) is 8.24. The predicted octanol–water partition coefficient (Wildman–Crippen LogP) is 3.80. The Balaban J connectivity index is 1.42. The first-order chi connectivity index (χ1) is 16.7. The lowest BCUT2D eigenvalue weighted by atomic mass is 10.1. The van der Waals surface area contributed by atoms with Crippen LogP contribution < -0.4 is 9.64 Å². The van der Waals surface area contributed by atoms with Gasteiger partial charge in [-0.25, -0.2) is 4.98 Å². The summed E-state index contributed by atoms with van der Waals surface area (Å²) in [6, 6.07) is 15.5. The molecule has 1 aliphatic rings. The molecular formula is C25H26N2O6S. The van der Waals surface area contributed by atoms with Crippen LogP contribution in [0.3, 0.4) is 0 Å². The van der Waals surface area contributed by atoms with E-state index in [0.717, 1.165) is 21.8 Å². The predicted molar refractivity (Wildman–Crippen MR) is 129 cm³/mol. The first-order valence-electron chi connectivity index (χ1n) is 11.1. The van der Waals surface area contributed by atoms with Crippen molar-refractivity contribution in [3.8, 4) is 27.6 Å². The van der Waals surface area contributed by atoms with Crippen molar-refractivity contribution in [2.75, 3.05) is 51.1 Å². The highest BCUT2D eigenvalue weighted by Crippen LogP contribution is 2.37. The molecule has 2 heterocycles. The van der Waals surface area contributed by atoms with E-state index in [0.29, 0.717) is 31.3 Å². The van der Waals surface area contributed by atoms with Crippen molar-refractivity contribution in [1.82, 2.24) is 4.98 Å². The van der Waals surface area contributed by atoms with Crippen LogP contribution >= 0.6 is 11.3 Å². The molecule has 0 atom stereocenters. The van der Waals surface area contributed by atoms with E-state index < -0.39 is 5.97 Å². The van der Waals surface area contributed by atoms with Crippen molar-refractivity contribution in [3.05, 3.63) is 53.9 Å². The van der Waals surface area contributed by atoms with Crippen molar-refractivity contribution in [3.63, 3.8) is 0 Å². The van der Waals surface area contributed by atoms with Crippen LogP contribution in [0.25, 0.3) is 21.8 Å². The Labute approximate surface area is 202 Å². The molecule has 1 aromatic heterocycles. The van der Waals surface area contributed by atoms with Gasteiger partial charge >= 0.3 is 5.97 Å². The summed E-state index contributed by atoms with van der Waals surface area (Å²) in [6.07, 6.45) is 0. The summed E-state index contributed by atoms with van der Waals surface area (Å²) in [5, 5.41) is 2.88. The molecular weight excluding hydrogens is 456 g/mol. The summed E-state index contributed by atoms with van der Waals surface area (Å²) < 4.78 is 21.3. The smallest absolute Gasteiger partial charge is 0.326 e. The van der Waals surface area contributed by atoms with Gasteiger partial charge in [0.2, 0.25) is 0 Å². The number of nitrogens with zero attached hydrogens (tertiary/aromatic N) is 2. The fourth-order valence-electron chi connectivity index (χ4n) is 3.41. The molecule has 4 rings (SSSR count). The van der Waals surface area contributed by atoms with Gasteiger partial charge in [0.15, 0.2) is 6.61 Å². The standard InChI is InChI=1S/C25H26N2O6S/c1-2-30-10-11-31-12-13-32-24(29)15-27-21-14-19(8-9-22(21)33-16-23(27)28)20-17-34-25(26-20)18-6-4-3-5-7-18/h3-9,14,17H,2,10-13,15-16H2,1H3. The minimum Gasteiger partial charge on any atom is -0.482 e. The number of aromatic nitrogens is 1. The summed E-state index contributed by atoms with van der Waals surface area (Å²) in [6.45, 7) is 3.52. The molecule has 0 aliphatic carbocycles. The number of amides is 1. The van der Waals surface area contributed by atoms with Gasteiger partial charge in [-0.3, -0.25) is 14.5 Å². The molecule has 0 saturated heterocycles. The van der Waals surface area contributed by atoms with Gasteiger partial charge in [0.05, 0.1) is 31.2 Å². The summed E-state index contributed by atoms with van der Waals surface area (Å²) >= 11 is 1.55. The molecule has 9 heteroatoms. The Morgan fingerprint density at radius 3 is 2.68 bits per heavy atom. The zero-order valence-electron chi connectivity index (χ0n) is 18.9. The van der Waals surface area contributed by atoms with E-state index >= 15 is 0 Å². The van der Waals surface area contributed by atoms with Crippen LogP contribution in [0.1, 0.15) is 6.92 Å². The van der Waals surface area contributed by atoms with E-state index in [1.165, 1.54) is 4.90 Å². The van der Waals surface area contributed by atoms with E-state index in [9.17, 15) is 9.59 Å². The Morgan fingerprint density at radius 1 is 1.06 bits per heavy atom. The zero-order chi connectivity index (χ0) is 23.8. The highest BCUT2D eigenvalue weighted by atomic mass is 32.1. The molecule has 1 aliphatic heterocycles. The van der Waals surface area contributed by atoms with Crippen molar-refractivity contribution >= 4 is 28.9 Å². The van der Waals surface area contributed by atoms with Crippen LogP contribution in [0, 0.1) is 0 Å². The normalized spacial score (nSPS) is 12.9. The third kappa shape index (κ3) is 5.99. The van der Waals surface area contributed by atoms with E-state index in [1.54, 1.807) is 17.4 Å². The van der Waals surface area contributed by atoms with E-state index in [4.69, 9.17) is 23.9 Å². The van der Waals surface area contributed by atoms with Gasteiger partial charge in [-0.15, -0.1) is 11.3 Å². The molecule has 0 spiro atoms. The average molecular weight is 483 g/mol. The van der Waals surface area contributed by atoms with Gasteiger partial charge in [0.1, 0.15) is 23.9 Å². The van der Waals surface area contributed by atoms with Gasteiger partial charge in [-0.05, 0) is 25.1 Å². The molecule has 0 N–H and O–H groups in total. The van der Waals surface area contributed by atoms with Crippen molar-refractivity contribution in [1.29, 1.82) is 0 Å². The Kier molecular flexibility index (Phi) is 8.24. The molecule has 0 saturated carbocycles. The van der Waals surface area contributed by atoms with Crippen LogP contribution in [0.4, 0.5) is 5.69 Å². The van der Waals surface area contributed by atoms with Crippen LogP contribution in [0.2, 0.25) is 0 Å². The van der Waals surface area contributed by atoms with E-state index in [-0.39, 0.29) is 32.3 Å². The quantitative estimate of drug-likeness (QED) is 0.303. The number of esters is 1. The SMILES string of the molecule is CCOCCOCCOC(=O)CN1C(=O)COc2ccc(-c3csc(-c4ccccc4)n3)cc21. The van der Waals surface area contributed by atoms with Crippen molar-refractivity contribution in [2.45, 2.75) is 6.92 Å². The number of carbonyl (C=O) groups is 2. The highest BCUT2D eigenvalue weighted by molar-refractivity contribution is 7.13. The molecule has 178 valence electrons. The van der Waals surface area contributed by atoms with Gasteiger partial charge in [0.25, 0.3) is 5.91 Å². The minimum absolute atomic E-state index is 0.109. The molecule has 0 radical (unpaired) electrons. The number of ether oxygens (including phenoxy) is 4. The lowest BCUT2D eigenvalue weighted by Crippen LogP contribution is -2.42. The van der Waals surface area contributed by atoms with Crippen LogP contribution in [-0.2, 0) is 23.8 Å². The van der Waals surface area contributed by atoms with Crippen LogP contribution in [0.5, 0.6) is 5.75 Å². The lowest BCUT2D eigenvalue weighted by molar-refractivity contribution is -0.144. The van der Waals surface area contributed by atoms with E-state index in [1.807, 2.05) is 54.8 Å². The maximum atomic E-state index is 12.5. The number of benzene rings is 2. The maximum Gasteiger partial charge on any atom is 0.326 e. The number of thiazole rings is 1. The second-order valence-electron chi connectivity index (χ2n) is 7.38. The fourth-order valence-corrected chi connectivity index (χ4v) is 4.24. The third-order valence-corrected chi connectivity index (χ3v) is 5.97. The van der Waals surface area contributed by atoms with Crippen molar-refractivity contribution < 1.29 is 28.5 Å². The summed E-state index contributed by atoms with van der Waals surface area (Å²) in [7, 11) is 0. The van der Waals surface area contributed by atoms with Crippen LogP contribution in [0.15, 0.2) is 53.9 Å². The Morgan fingerprint density at radius 2 is 1.85 bits per heavy atom. The monoisotopic (exact) mass is 482 g/mol.